The maximum Gasteiger partial charge on any atom is 0.432 e. The van der Waals surface area contributed by atoms with Crippen molar-refractivity contribution in [3.8, 4) is 0 Å². The van der Waals surface area contributed by atoms with E-state index in [9.17, 15) is 46.6 Å². The number of aromatic nitrogens is 2. The Bertz CT molecular complexity index is 2090. The van der Waals surface area contributed by atoms with E-state index in [1.165, 1.54) is 29.0 Å². The molecule has 5 amide bonds. The van der Waals surface area contributed by atoms with Crippen molar-refractivity contribution < 1.29 is 46.6 Å². The van der Waals surface area contributed by atoms with Crippen LogP contribution in [0.15, 0.2) is 66.7 Å². The van der Waals surface area contributed by atoms with Gasteiger partial charge in [-0.15, -0.1) is 0 Å². The Hall–Kier alpha value is -5.80. The third-order valence-electron chi connectivity index (χ3n) is 9.66. The standard InChI is InChI=1S/C36H34F4N6O6/c1-20(2)29(41-30(47)24-18-22(36(38,39)40)9-11-26(24)37)31(48)44-15-13-35(14-16-44)32(49)43(3)33(50)45(35)23-10-12-28-25(19-23)27(42-46(28)34(51)52)17-21-7-5-4-6-8-21/h4-12,18-20,29H,13-17H2,1-3H3,(H,41,47)(H,51,52). The second-order valence-corrected chi connectivity index (χ2v) is 13.2. The van der Waals surface area contributed by atoms with E-state index < -0.39 is 70.5 Å². The first-order valence-electron chi connectivity index (χ1n) is 16.4. The SMILES string of the molecule is CC(C)C(NC(=O)c1cc(C(F)(F)F)ccc1F)C(=O)N1CCC2(CC1)C(=O)N(C)C(=O)N2c1ccc2c(c1)c(Cc1ccccc1)nn2C(=O)O. The summed E-state index contributed by atoms with van der Waals surface area (Å²) in [4.78, 5) is 70.0. The lowest BCUT2D eigenvalue weighted by atomic mass is 9.85. The van der Waals surface area contributed by atoms with Gasteiger partial charge in [0.05, 0.1) is 22.3 Å². The van der Waals surface area contributed by atoms with E-state index in [-0.39, 0.29) is 31.4 Å². The first-order chi connectivity index (χ1) is 24.5. The van der Waals surface area contributed by atoms with Crippen LogP contribution in [-0.2, 0) is 22.2 Å². The molecule has 12 nitrogen and oxygen atoms in total. The smallest absolute Gasteiger partial charge is 0.432 e. The summed E-state index contributed by atoms with van der Waals surface area (Å²) in [5.41, 5.74) is -1.56. The summed E-state index contributed by atoms with van der Waals surface area (Å²) in [5, 5.41) is 17.0. The van der Waals surface area contributed by atoms with Crippen molar-refractivity contribution >= 4 is 46.4 Å². The van der Waals surface area contributed by atoms with Crippen LogP contribution in [0.4, 0.5) is 32.8 Å². The predicted molar refractivity (Wildman–Crippen MR) is 179 cm³/mol. The van der Waals surface area contributed by atoms with Gasteiger partial charge in [-0.1, -0.05) is 44.2 Å². The van der Waals surface area contributed by atoms with E-state index >= 15 is 0 Å². The van der Waals surface area contributed by atoms with Gasteiger partial charge < -0.3 is 15.3 Å². The maximum atomic E-state index is 14.5. The molecule has 0 saturated carbocycles. The van der Waals surface area contributed by atoms with Crippen LogP contribution >= 0.6 is 0 Å². The fraction of sp³-hybridized carbons (Fsp3) is 0.333. The molecule has 6 rings (SSSR count). The number of likely N-dealkylation sites (tertiary alicyclic amines) is 1. The molecular formula is C36H34F4N6O6. The van der Waals surface area contributed by atoms with E-state index in [0.29, 0.717) is 41.4 Å². The topological polar surface area (TPSA) is 145 Å². The number of anilines is 1. The van der Waals surface area contributed by atoms with Crippen LogP contribution in [0, 0.1) is 11.7 Å². The highest BCUT2D eigenvalue weighted by molar-refractivity contribution is 6.17. The Morgan fingerprint density at radius 1 is 0.981 bits per heavy atom. The molecule has 1 spiro atoms. The van der Waals surface area contributed by atoms with E-state index in [1.54, 1.807) is 19.9 Å². The number of nitrogens with zero attached hydrogens (tertiary/aromatic N) is 5. The van der Waals surface area contributed by atoms with Gasteiger partial charge in [-0.3, -0.25) is 24.2 Å². The number of benzene rings is 3. The molecule has 2 N–H and O–H groups in total. The van der Waals surface area contributed by atoms with Crippen LogP contribution < -0.4 is 10.2 Å². The first kappa shape index (κ1) is 36.0. The molecule has 52 heavy (non-hydrogen) atoms. The third-order valence-corrected chi connectivity index (χ3v) is 9.66. The number of piperidine rings is 1. The minimum Gasteiger partial charge on any atom is -0.463 e. The molecule has 2 saturated heterocycles. The molecular weight excluding hydrogens is 688 g/mol. The minimum atomic E-state index is -4.82. The van der Waals surface area contributed by atoms with Crippen molar-refractivity contribution in [1.82, 2.24) is 24.9 Å². The highest BCUT2D eigenvalue weighted by Crippen LogP contribution is 2.42. The van der Waals surface area contributed by atoms with Gasteiger partial charge in [0.1, 0.15) is 17.4 Å². The average Bonchev–Trinajstić information content (AvgIpc) is 3.55. The largest absolute Gasteiger partial charge is 0.463 e. The summed E-state index contributed by atoms with van der Waals surface area (Å²) >= 11 is 0. The fourth-order valence-electron chi connectivity index (χ4n) is 6.90. The molecule has 272 valence electrons. The second-order valence-electron chi connectivity index (χ2n) is 13.2. The van der Waals surface area contributed by atoms with Crippen molar-refractivity contribution in [1.29, 1.82) is 0 Å². The van der Waals surface area contributed by atoms with Crippen molar-refractivity contribution in [3.05, 3.63) is 94.9 Å². The van der Waals surface area contributed by atoms with Gasteiger partial charge >= 0.3 is 18.3 Å². The summed E-state index contributed by atoms with van der Waals surface area (Å²) in [5.74, 6) is -4.02. The molecule has 1 unspecified atom stereocenters. The summed E-state index contributed by atoms with van der Waals surface area (Å²) in [6, 6.07) is 13.5. The quantitative estimate of drug-likeness (QED) is 0.189. The molecule has 2 aliphatic rings. The van der Waals surface area contributed by atoms with Gasteiger partial charge in [-0.2, -0.15) is 23.0 Å². The molecule has 2 fully saturated rings. The molecule has 0 radical (unpaired) electrons. The number of likely N-dealkylation sites (N-methyl/N-ethyl adjacent to an activating group) is 1. The number of carboxylic acid groups (broad SMARTS) is 1. The molecule has 0 aliphatic carbocycles. The number of alkyl halides is 3. The average molecular weight is 723 g/mol. The van der Waals surface area contributed by atoms with Gasteiger partial charge in [0.25, 0.3) is 11.8 Å². The van der Waals surface area contributed by atoms with E-state index in [0.717, 1.165) is 15.1 Å². The lowest BCUT2D eigenvalue weighted by Crippen LogP contribution is -2.60. The number of carbonyl (C=O) groups excluding carboxylic acids is 4. The summed E-state index contributed by atoms with van der Waals surface area (Å²) in [7, 11) is 1.35. The van der Waals surface area contributed by atoms with Crippen LogP contribution in [0.1, 0.15) is 53.9 Å². The van der Waals surface area contributed by atoms with E-state index in [2.05, 4.69) is 10.4 Å². The van der Waals surface area contributed by atoms with Crippen LogP contribution in [0.2, 0.25) is 0 Å². The van der Waals surface area contributed by atoms with Crippen molar-refractivity contribution in [2.45, 2.75) is 50.9 Å². The number of imide groups is 1. The van der Waals surface area contributed by atoms with Crippen molar-refractivity contribution in [2.24, 2.45) is 5.92 Å². The van der Waals surface area contributed by atoms with Gasteiger partial charge in [0, 0.05) is 37.6 Å². The summed E-state index contributed by atoms with van der Waals surface area (Å²) in [6.45, 7) is 3.16. The monoisotopic (exact) mass is 722 g/mol. The number of carbonyl (C=O) groups is 5. The fourth-order valence-corrected chi connectivity index (χ4v) is 6.90. The van der Waals surface area contributed by atoms with Crippen LogP contribution in [0.5, 0.6) is 0 Å². The Morgan fingerprint density at radius 2 is 1.65 bits per heavy atom. The highest BCUT2D eigenvalue weighted by Gasteiger charge is 2.58. The lowest BCUT2D eigenvalue weighted by molar-refractivity contribution is -0.139. The maximum absolute atomic E-state index is 14.5. The Morgan fingerprint density at radius 3 is 2.27 bits per heavy atom. The zero-order valence-electron chi connectivity index (χ0n) is 28.3. The van der Waals surface area contributed by atoms with Crippen LogP contribution in [0.25, 0.3) is 10.9 Å². The normalized spacial score (nSPS) is 16.7. The van der Waals surface area contributed by atoms with E-state index in [4.69, 9.17) is 0 Å². The number of hydrogen-bond donors (Lipinski definition) is 2. The van der Waals surface area contributed by atoms with Gasteiger partial charge in [0.2, 0.25) is 5.91 Å². The summed E-state index contributed by atoms with van der Waals surface area (Å²) in [6.07, 6.45) is -5.83. The predicted octanol–water partition coefficient (Wildman–Crippen LogP) is 5.53. The number of hydrogen-bond acceptors (Lipinski definition) is 6. The molecule has 1 atom stereocenters. The number of urea groups is 1. The van der Waals surface area contributed by atoms with Gasteiger partial charge in [0.15, 0.2) is 0 Å². The van der Waals surface area contributed by atoms with E-state index in [1.807, 2.05) is 30.3 Å². The Balaban J connectivity index is 1.26. The molecule has 4 aromatic rings. The van der Waals surface area contributed by atoms with Crippen molar-refractivity contribution in [3.63, 3.8) is 0 Å². The number of halogens is 4. The number of rotatable bonds is 7. The Kier molecular flexibility index (Phi) is 9.27. The van der Waals surface area contributed by atoms with Crippen LogP contribution in [0.3, 0.4) is 0 Å². The molecule has 3 aromatic carbocycles. The molecule has 16 heteroatoms. The lowest BCUT2D eigenvalue weighted by Gasteiger charge is -2.43. The minimum absolute atomic E-state index is 0.00202. The molecule has 0 bridgehead atoms. The molecule has 2 aliphatic heterocycles. The third kappa shape index (κ3) is 6.32. The summed E-state index contributed by atoms with van der Waals surface area (Å²) < 4.78 is 55.1. The molecule has 3 heterocycles. The number of amides is 5. The zero-order chi connectivity index (χ0) is 37.7. The van der Waals surface area contributed by atoms with Crippen molar-refractivity contribution in [2.75, 3.05) is 25.0 Å². The Labute approximate surface area is 294 Å². The van der Waals surface area contributed by atoms with Gasteiger partial charge in [-0.25, -0.2) is 14.0 Å². The molecule has 1 aromatic heterocycles. The number of nitrogens with one attached hydrogen (secondary N) is 1. The van der Waals surface area contributed by atoms with Crippen LogP contribution in [-0.4, -0.2) is 86.3 Å². The second kappa shape index (κ2) is 13.4. The first-order valence-corrected chi connectivity index (χ1v) is 16.4. The van der Waals surface area contributed by atoms with Gasteiger partial charge in [-0.05, 0) is 60.7 Å². The zero-order valence-corrected chi connectivity index (χ0v) is 28.3. The number of fused-ring (bicyclic) bond motifs is 1. The highest BCUT2D eigenvalue weighted by atomic mass is 19.4.